The Kier molecular flexibility index (Phi) is 10.1. The Hall–Kier alpha value is -3.48. The molecule has 244 valence electrons. The summed E-state index contributed by atoms with van der Waals surface area (Å²) >= 11 is -0.234. The van der Waals surface area contributed by atoms with Crippen LogP contribution in [0.4, 0.5) is 23.2 Å². The summed E-state index contributed by atoms with van der Waals surface area (Å²) in [5.41, 5.74) is -3.99. The molecule has 2 amide bonds. The van der Waals surface area contributed by atoms with Crippen LogP contribution in [0, 0.1) is 29.5 Å². The SMILES string of the molecule is CCOC(=O)C1CCC(Oc2cc(C(=O)NC3C4CCC(C4)C3C(=O)Nc3ccc(SC(F)(F)F)cc3)c(OC)cc2F)CC1. The number of nitrogens with one attached hydrogen (secondary N) is 2. The lowest BCUT2D eigenvalue weighted by Gasteiger charge is -2.31. The molecule has 0 radical (unpaired) electrons. The molecule has 0 aromatic heterocycles. The lowest BCUT2D eigenvalue weighted by atomic mass is 9.83. The third kappa shape index (κ3) is 7.85. The monoisotopic (exact) mass is 652 g/mol. The molecule has 2 N–H and O–H groups in total. The van der Waals surface area contributed by atoms with Gasteiger partial charge in [-0.1, -0.05) is 0 Å². The third-order valence-corrected chi connectivity index (χ3v) is 9.70. The zero-order chi connectivity index (χ0) is 32.3. The fourth-order valence-electron chi connectivity index (χ4n) is 6.90. The molecular weight excluding hydrogens is 616 g/mol. The van der Waals surface area contributed by atoms with E-state index in [2.05, 4.69) is 10.6 Å². The molecule has 2 bridgehead atoms. The van der Waals surface area contributed by atoms with Crippen LogP contribution < -0.4 is 20.1 Å². The highest BCUT2D eigenvalue weighted by atomic mass is 32.2. The Balaban J connectivity index is 1.26. The van der Waals surface area contributed by atoms with Gasteiger partial charge in [-0.05, 0) is 106 Å². The van der Waals surface area contributed by atoms with Crippen molar-refractivity contribution in [2.75, 3.05) is 19.0 Å². The number of carbonyl (C=O) groups excluding carboxylic acids is 3. The second kappa shape index (κ2) is 13.9. The van der Waals surface area contributed by atoms with Crippen molar-refractivity contribution in [2.45, 2.75) is 74.4 Å². The molecule has 4 unspecified atom stereocenters. The number of hydrogen-bond acceptors (Lipinski definition) is 7. The van der Waals surface area contributed by atoms with Crippen molar-refractivity contribution in [1.82, 2.24) is 5.32 Å². The smallest absolute Gasteiger partial charge is 0.446 e. The van der Waals surface area contributed by atoms with Crippen molar-refractivity contribution in [3.8, 4) is 11.5 Å². The highest BCUT2D eigenvalue weighted by molar-refractivity contribution is 8.00. The van der Waals surface area contributed by atoms with E-state index < -0.39 is 29.2 Å². The molecule has 5 rings (SSSR count). The molecule has 0 spiro atoms. The number of ether oxygens (including phenoxy) is 3. The summed E-state index contributed by atoms with van der Waals surface area (Å²) < 4.78 is 69.4. The van der Waals surface area contributed by atoms with Crippen molar-refractivity contribution in [3.05, 3.63) is 47.8 Å². The van der Waals surface area contributed by atoms with Crippen molar-refractivity contribution in [3.63, 3.8) is 0 Å². The zero-order valence-corrected chi connectivity index (χ0v) is 25.8. The lowest BCUT2D eigenvalue weighted by Crippen LogP contribution is -2.48. The van der Waals surface area contributed by atoms with Gasteiger partial charge in [-0.2, -0.15) is 13.2 Å². The van der Waals surface area contributed by atoms with E-state index >= 15 is 4.39 Å². The molecule has 2 aromatic rings. The predicted octanol–water partition coefficient (Wildman–Crippen LogP) is 6.73. The molecule has 3 saturated carbocycles. The standard InChI is InChI=1S/C32H36F4N2O6S/c1-3-43-31(41)17-6-10-21(11-7-17)44-26-15-23(25(42-2)16-24(26)33)29(39)38-28-19-5-4-18(14-19)27(28)30(40)37-20-8-12-22(13-9-20)45-32(34,35)36/h8-9,12-13,15-19,21,27-28H,3-7,10-11,14H2,1-2H3,(H,37,40)(H,38,39). The summed E-state index contributed by atoms with van der Waals surface area (Å²) in [6.45, 7) is 2.07. The Bertz CT molecular complexity index is 1400. The highest BCUT2D eigenvalue weighted by Gasteiger charge is 2.51. The van der Waals surface area contributed by atoms with Crippen LogP contribution in [0.1, 0.15) is 62.2 Å². The molecule has 0 saturated heterocycles. The first-order chi connectivity index (χ1) is 21.5. The lowest BCUT2D eigenvalue weighted by molar-refractivity contribution is -0.149. The van der Waals surface area contributed by atoms with E-state index in [1.807, 2.05) is 0 Å². The van der Waals surface area contributed by atoms with Crippen molar-refractivity contribution in [2.24, 2.45) is 23.7 Å². The number of anilines is 1. The van der Waals surface area contributed by atoms with E-state index in [1.165, 1.54) is 37.4 Å². The predicted molar refractivity (Wildman–Crippen MR) is 159 cm³/mol. The summed E-state index contributed by atoms with van der Waals surface area (Å²) in [6.07, 6.45) is 4.25. The van der Waals surface area contributed by atoms with Gasteiger partial charge >= 0.3 is 11.5 Å². The number of benzene rings is 2. The Morgan fingerprint density at radius 1 is 0.956 bits per heavy atom. The van der Waals surface area contributed by atoms with Gasteiger partial charge < -0.3 is 24.8 Å². The number of carbonyl (C=O) groups is 3. The molecule has 45 heavy (non-hydrogen) atoms. The average Bonchev–Trinajstić information content (AvgIpc) is 3.61. The van der Waals surface area contributed by atoms with Gasteiger partial charge in [-0.3, -0.25) is 14.4 Å². The average molecular weight is 653 g/mol. The maximum atomic E-state index is 15.0. The van der Waals surface area contributed by atoms with Gasteiger partial charge in [0.25, 0.3) is 5.91 Å². The van der Waals surface area contributed by atoms with Gasteiger partial charge in [0.1, 0.15) is 5.75 Å². The van der Waals surface area contributed by atoms with E-state index in [9.17, 15) is 27.6 Å². The minimum atomic E-state index is -4.41. The van der Waals surface area contributed by atoms with Gasteiger partial charge in [-0.15, -0.1) is 0 Å². The minimum absolute atomic E-state index is 0.00603. The van der Waals surface area contributed by atoms with Crippen LogP contribution in [0.15, 0.2) is 41.3 Å². The van der Waals surface area contributed by atoms with E-state index in [0.29, 0.717) is 38.0 Å². The summed E-state index contributed by atoms with van der Waals surface area (Å²) in [7, 11) is 1.33. The van der Waals surface area contributed by atoms with E-state index in [-0.39, 0.29) is 69.5 Å². The minimum Gasteiger partial charge on any atom is -0.496 e. The number of hydrogen-bond donors (Lipinski definition) is 2. The van der Waals surface area contributed by atoms with Crippen LogP contribution in [0.3, 0.4) is 0 Å². The van der Waals surface area contributed by atoms with E-state index in [4.69, 9.17) is 14.2 Å². The Labute approximate surface area is 262 Å². The highest BCUT2D eigenvalue weighted by Crippen LogP contribution is 2.49. The molecule has 0 aliphatic heterocycles. The summed E-state index contributed by atoms with van der Waals surface area (Å²) in [6, 6.07) is 7.33. The molecule has 0 heterocycles. The van der Waals surface area contributed by atoms with E-state index in [1.54, 1.807) is 6.92 Å². The number of fused-ring (bicyclic) bond motifs is 2. The maximum absolute atomic E-state index is 15.0. The molecule has 4 atom stereocenters. The van der Waals surface area contributed by atoms with Crippen molar-refractivity contribution >= 4 is 35.2 Å². The molecule has 2 aromatic carbocycles. The van der Waals surface area contributed by atoms with Crippen LogP contribution in [-0.4, -0.2) is 49.2 Å². The Morgan fingerprint density at radius 2 is 1.64 bits per heavy atom. The van der Waals surface area contributed by atoms with Gasteiger partial charge in [-0.25, -0.2) is 4.39 Å². The van der Waals surface area contributed by atoms with Crippen LogP contribution >= 0.6 is 11.8 Å². The molecular formula is C32H36F4N2O6S. The molecule has 13 heteroatoms. The van der Waals surface area contributed by atoms with Crippen LogP contribution in [0.2, 0.25) is 0 Å². The largest absolute Gasteiger partial charge is 0.496 e. The quantitative estimate of drug-likeness (QED) is 0.167. The van der Waals surface area contributed by atoms with Crippen molar-refractivity contribution < 1.29 is 46.2 Å². The number of methoxy groups -OCH3 is 1. The first-order valence-corrected chi connectivity index (χ1v) is 16.0. The topological polar surface area (TPSA) is 103 Å². The number of halogens is 4. The van der Waals surface area contributed by atoms with Crippen LogP contribution in [0.5, 0.6) is 11.5 Å². The maximum Gasteiger partial charge on any atom is 0.446 e. The molecule has 3 fully saturated rings. The number of rotatable bonds is 10. The summed E-state index contributed by atoms with van der Waals surface area (Å²) in [5.74, 6) is -2.52. The Morgan fingerprint density at radius 3 is 2.29 bits per heavy atom. The normalized spacial score (nSPS) is 25.8. The fraction of sp³-hybridized carbons (Fsp3) is 0.531. The van der Waals surface area contributed by atoms with Gasteiger partial charge in [0, 0.05) is 22.7 Å². The first kappa shape index (κ1) is 32.9. The van der Waals surface area contributed by atoms with E-state index in [0.717, 1.165) is 25.3 Å². The first-order valence-electron chi connectivity index (χ1n) is 15.1. The summed E-state index contributed by atoms with van der Waals surface area (Å²) in [5, 5.41) is 5.80. The number of alkyl halides is 3. The zero-order valence-electron chi connectivity index (χ0n) is 25.0. The second-order valence-corrected chi connectivity index (χ2v) is 12.9. The van der Waals surface area contributed by atoms with Crippen LogP contribution in [0.25, 0.3) is 0 Å². The van der Waals surface area contributed by atoms with Gasteiger partial charge in [0.15, 0.2) is 11.6 Å². The molecule has 8 nitrogen and oxygen atoms in total. The third-order valence-electron chi connectivity index (χ3n) is 8.96. The fourth-order valence-corrected chi connectivity index (χ4v) is 7.44. The van der Waals surface area contributed by atoms with Crippen molar-refractivity contribution in [1.29, 1.82) is 0 Å². The van der Waals surface area contributed by atoms with Gasteiger partial charge in [0.05, 0.1) is 37.2 Å². The number of esters is 1. The van der Waals surface area contributed by atoms with Crippen LogP contribution in [-0.2, 0) is 14.3 Å². The number of thioether (sulfide) groups is 1. The second-order valence-electron chi connectivity index (χ2n) is 11.7. The van der Waals surface area contributed by atoms with Gasteiger partial charge in [0.2, 0.25) is 5.91 Å². The molecule has 3 aliphatic rings. The molecule has 3 aliphatic carbocycles. The number of amides is 2. The summed E-state index contributed by atoms with van der Waals surface area (Å²) in [4.78, 5) is 39.1.